The molecule has 0 amide bonds. The Morgan fingerprint density at radius 2 is 1.60 bits per heavy atom. The van der Waals surface area contributed by atoms with Gasteiger partial charge in [0.1, 0.15) is 6.61 Å². The van der Waals surface area contributed by atoms with E-state index in [0.29, 0.717) is 36.8 Å². The fraction of sp³-hybridized carbons (Fsp3) is 0.208. The zero-order chi connectivity index (χ0) is 20.6. The predicted octanol–water partition coefficient (Wildman–Crippen LogP) is 4.99. The van der Waals surface area contributed by atoms with Gasteiger partial charge in [-0.05, 0) is 47.9 Å². The Bertz CT molecular complexity index is 973. The molecule has 0 heterocycles. The number of benzene rings is 3. The predicted molar refractivity (Wildman–Crippen MR) is 120 cm³/mol. The number of halogens is 1. The van der Waals surface area contributed by atoms with Crippen LogP contribution in [0.5, 0.6) is 11.5 Å². The lowest BCUT2D eigenvalue weighted by Gasteiger charge is -2.13. The van der Waals surface area contributed by atoms with Gasteiger partial charge < -0.3 is 19.9 Å². The van der Waals surface area contributed by atoms with Crippen LogP contribution in [-0.2, 0) is 19.7 Å². The number of rotatable bonds is 9. The summed E-state index contributed by atoms with van der Waals surface area (Å²) in [6.07, 6.45) is 0. The summed E-state index contributed by atoms with van der Waals surface area (Å²) in [5.74, 6) is 0.492. The largest absolute Gasteiger partial charge is 0.493 e. The number of carboxylic acid groups (broad SMARTS) is 1. The van der Waals surface area contributed by atoms with Crippen molar-refractivity contribution in [2.45, 2.75) is 26.6 Å². The van der Waals surface area contributed by atoms with E-state index in [0.717, 1.165) is 16.7 Å². The van der Waals surface area contributed by atoms with Crippen molar-refractivity contribution < 1.29 is 19.4 Å². The number of hydrogen-bond donors (Lipinski definition) is 2. The van der Waals surface area contributed by atoms with Crippen molar-refractivity contribution in [3.05, 3.63) is 94.5 Å². The maximum atomic E-state index is 10.9. The van der Waals surface area contributed by atoms with E-state index in [2.05, 4.69) is 24.4 Å². The van der Waals surface area contributed by atoms with Crippen LogP contribution in [0.15, 0.2) is 66.7 Å². The molecule has 0 spiro atoms. The minimum absolute atomic E-state index is 0. The highest BCUT2D eigenvalue weighted by Crippen LogP contribution is 2.29. The fourth-order valence-electron chi connectivity index (χ4n) is 3.02. The Morgan fingerprint density at radius 1 is 0.900 bits per heavy atom. The van der Waals surface area contributed by atoms with Crippen molar-refractivity contribution in [1.82, 2.24) is 5.32 Å². The summed E-state index contributed by atoms with van der Waals surface area (Å²) in [6.45, 7) is 3.86. The van der Waals surface area contributed by atoms with Crippen molar-refractivity contribution in [2.75, 3.05) is 7.11 Å². The number of nitrogens with one attached hydrogen (secondary N) is 1. The summed E-state index contributed by atoms with van der Waals surface area (Å²) < 4.78 is 11.4. The average Bonchev–Trinajstić information content (AvgIpc) is 2.73. The standard InChI is InChI=1S/C24H25NO4.ClH/c1-17-4-3-5-20(12-17)16-29-22-11-8-19(13-23(22)28-2)15-25-14-18-6-9-21(10-7-18)24(26)27;/h3-13,25H,14-16H2,1-2H3,(H,26,27);1H. The number of carboxylic acids is 1. The molecule has 0 unspecified atom stereocenters. The van der Waals surface area contributed by atoms with Crippen LogP contribution < -0.4 is 14.8 Å². The van der Waals surface area contributed by atoms with Crippen molar-refractivity contribution >= 4 is 18.4 Å². The highest BCUT2D eigenvalue weighted by Gasteiger charge is 2.07. The maximum Gasteiger partial charge on any atom is 0.335 e. The van der Waals surface area contributed by atoms with Crippen LogP contribution >= 0.6 is 12.4 Å². The summed E-state index contributed by atoms with van der Waals surface area (Å²) in [4.78, 5) is 10.9. The van der Waals surface area contributed by atoms with E-state index >= 15 is 0 Å². The second-order valence-corrected chi connectivity index (χ2v) is 6.87. The molecule has 5 nitrogen and oxygen atoms in total. The third-order valence-electron chi connectivity index (χ3n) is 4.56. The first-order valence-corrected chi connectivity index (χ1v) is 9.43. The van der Waals surface area contributed by atoms with Crippen LogP contribution in [0.3, 0.4) is 0 Å². The van der Waals surface area contributed by atoms with E-state index in [4.69, 9.17) is 14.6 Å². The van der Waals surface area contributed by atoms with Gasteiger partial charge in [-0.25, -0.2) is 4.79 Å². The van der Waals surface area contributed by atoms with Gasteiger partial charge in [0.15, 0.2) is 11.5 Å². The number of ether oxygens (including phenoxy) is 2. The minimum atomic E-state index is -0.915. The van der Waals surface area contributed by atoms with Crippen molar-refractivity contribution in [1.29, 1.82) is 0 Å². The van der Waals surface area contributed by atoms with E-state index in [9.17, 15) is 4.79 Å². The second-order valence-electron chi connectivity index (χ2n) is 6.87. The van der Waals surface area contributed by atoms with Gasteiger partial charge in [-0.15, -0.1) is 12.4 Å². The van der Waals surface area contributed by atoms with Crippen molar-refractivity contribution in [2.24, 2.45) is 0 Å². The minimum Gasteiger partial charge on any atom is -0.493 e. The summed E-state index contributed by atoms with van der Waals surface area (Å²) in [6, 6.07) is 21.0. The molecule has 3 aromatic rings. The van der Waals surface area contributed by atoms with E-state index in [1.54, 1.807) is 19.2 Å². The molecule has 0 saturated heterocycles. The molecule has 0 aliphatic carbocycles. The van der Waals surface area contributed by atoms with Crippen LogP contribution in [0, 0.1) is 6.92 Å². The van der Waals surface area contributed by atoms with Gasteiger partial charge in [0.05, 0.1) is 12.7 Å². The lowest BCUT2D eigenvalue weighted by molar-refractivity contribution is 0.0697. The molecule has 3 aromatic carbocycles. The molecule has 0 aliphatic rings. The SMILES string of the molecule is COc1cc(CNCc2ccc(C(=O)O)cc2)ccc1OCc1cccc(C)c1.Cl. The first-order valence-electron chi connectivity index (χ1n) is 9.43. The molecule has 158 valence electrons. The maximum absolute atomic E-state index is 10.9. The highest BCUT2D eigenvalue weighted by atomic mass is 35.5. The Balaban J connectivity index is 0.00000320. The van der Waals surface area contributed by atoms with E-state index in [1.165, 1.54) is 5.56 Å². The number of aromatic carboxylic acids is 1. The van der Waals surface area contributed by atoms with Crippen molar-refractivity contribution in [3.63, 3.8) is 0 Å². The topological polar surface area (TPSA) is 67.8 Å². The third kappa shape index (κ3) is 6.51. The molecule has 6 heteroatoms. The van der Waals surface area contributed by atoms with Gasteiger partial charge in [-0.2, -0.15) is 0 Å². The van der Waals surface area contributed by atoms with Gasteiger partial charge in [0.2, 0.25) is 0 Å². The van der Waals surface area contributed by atoms with Crippen LogP contribution in [0.2, 0.25) is 0 Å². The van der Waals surface area contributed by atoms with Gasteiger partial charge in [-0.3, -0.25) is 0 Å². The van der Waals surface area contributed by atoms with Crippen LogP contribution in [0.1, 0.15) is 32.6 Å². The zero-order valence-corrected chi connectivity index (χ0v) is 17.9. The average molecular weight is 428 g/mol. The Hall–Kier alpha value is -3.02. The van der Waals surface area contributed by atoms with Gasteiger partial charge in [-0.1, -0.05) is 48.0 Å². The van der Waals surface area contributed by atoms with Crippen molar-refractivity contribution in [3.8, 4) is 11.5 Å². The molecule has 0 atom stereocenters. The number of hydrogen-bond acceptors (Lipinski definition) is 4. The summed E-state index contributed by atoms with van der Waals surface area (Å²) in [5.41, 5.74) is 4.72. The summed E-state index contributed by atoms with van der Waals surface area (Å²) >= 11 is 0. The number of aryl methyl sites for hydroxylation is 1. The summed E-state index contributed by atoms with van der Waals surface area (Å²) in [7, 11) is 1.63. The van der Waals surface area contributed by atoms with E-state index in [-0.39, 0.29) is 12.4 Å². The lowest BCUT2D eigenvalue weighted by atomic mass is 10.1. The first kappa shape index (κ1) is 23.3. The van der Waals surface area contributed by atoms with Crippen LogP contribution in [-0.4, -0.2) is 18.2 Å². The smallest absolute Gasteiger partial charge is 0.335 e. The molecule has 0 bridgehead atoms. The van der Waals surface area contributed by atoms with Crippen LogP contribution in [0.4, 0.5) is 0 Å². The number of methoxy groups -OCH3 is 1. The van der Waals surface area contributed by atoms with E-state index in [1.807, 2.05) is 42.5 Å². The molecular weight excluding hydrogens is 402 g/mol. The molecule has 0 aliphatic heterocycles. The molecule has 0 fully saturated rings. The first-order chi connectivity index (χ1) is 14.0. The van der Waals surface area contributed by atoms with Gasteiger partial charge >= 0.3 is 5.97 Å². The monoisotopic (exact) mass is 427 g/mol. The molecule has 0 saturated carbocycles. The van der Waals surface area contributed by atoms with E-state index < -0.39 is 5.97 Å². The second kappa shape index (κ2) is 11.2. The Labute approximate surface area is 183 Å². The molecule has 30 heavy (non-hydrogen) atoms. The molecule has 3 rings (SSSR count). The summed E-state index contributed by atoms with van der Waals surface area (Å²) in [5, 5.41) is 12.3. The molecule has 0 radical (unpaired) electrons. The fourth-order valence-corrected chi connectivity index (χ4v) is 3.02. The molecule has 0 aromatic heterocycles. The Kier molecular flexibility index (Phi) is 8.71. The van der Waals surface area contributed by atoms with Gasteiger partial charge in [0, 0.05) is 13.1 Å². The number of carbonyl (C=O) groups is 1. The normalized spacial score (nSPS) is 10.2. The zero-order valence-electron chi connectivity index (χ0n) is 17.1. The molecule has 2 N–H and O–H groups in total. The lowest BCUT2D eigenvalue weighted by Crippen LogP contribution is -2.13. The highest BCUT2D eigenvalue weighted by molar-refractivity contribution is 5.87. The van der Waals surface area contributed by atoms with Crippen LogP contribution in [0.25, 0.3) is 0 Å². The quantitative estimate of drug-likeness (QED) is 0.503. The third-order valence-corrected chi connectivity index (χ3v) is 4.56. The Morgan fingerprint density at radius 3 is 2.27 bits per heavy atom. The molecular formula is C24H26ClNO4. The van der Waals surface area contributed by atoms with Gasteiger partial charge in [0.25, 0.3) is 0 Å².